The van der Waals surface area contributed by atoms with Crippen molar-refractivity contribution >= 4 is 23.3 Å². The number of benzene rings is 2. The highest BCUT2D eigenvalue weighted by atomic mass is 16.5. The van der Waals surface area contributed by atoms with Crippen LogP contribution in [0.3, 0.4) is 0 Å². The summed E-state index contributed by atoms with van der Waals surface area (Å²) in [4.78, 5) is 39.3. The van der Waals surface area contributed by atoms with Gasteiger partial charge in [0.25, 0.3) is 5.91 Å². The fraction of sp³-hybridized carbons (Fsp3) is 0.160. The van der Waals surface area contributed by atoms with E-state index in [0.717, 1.165) is 11.1 Å². The number of hydrogen-bond donors (Lipinski definition) is 1. The summed E-state index contributed by atoms with van der Waals surface area (Å²) in [5.74, 6) is -2.18. The van der Waals surface area contributed by atoms with Crippen molar-refractivity contribution in [2.75, 3.05) is 4.90 Å². The number of amides is 1. The van der Waals surface area contributed by atoms with Gasteiger partial charge in [-0.1, -0.05) is 18.2 Å². The number of furan rings is 1. The molecule has 0 bridgehead atoms. The Bertz CT molecular complexity index is 1230. The van der Waals surface area contributed by atoms with Crippen LogP contribution in [0.1, 0.15) is 40.2 Å². The van der Waals surface area contributed by atoms with Crippen LogP contribution in [-0.4, -0.2) is 22.8 Å². The summed E-state index contributed by atoms with van der Waals surface area (Å²) < 4.78 is 10.4. The summed E-state index contributed by atoms with van der Waals surface area (Å²) >= 11 is 0. The topological polar surface area (TPSA) is 97.0 Å². The highest BCUT2D eigenvalue weighted by molar-refractivity contribution is 6.20. The molecule has 2 aromatic carbocycles. The van der Waals surface area contributed by atoms with Gasteiger partial charge in [0.1, 0.15) is 5.75 Å². The number of carbonyl (C=O) groups is 3. The molecule has 4 rings (SSSR count). The molecule has 1 amide bonds. The maximum atomic E-state index is 13.2. The Labute approximate surface area is 184 Å². The van der Waals surface area contributed by atoms with Crippen molar-refractivity contribution in [3.8, 4) is 5.75 Å². The summed E-state index contributed by atoms with van der Waals surface area (Å²) in [6, 6.07) is 14.2. The number of esters is 1. The summed E-state index contributed by atoms with van der Waals surface area (Å²) in [5.41, 5.74) is 2.76. The Kier molecular flexibility index (Phi) is 5.40. The van der Waals surface area contributed by atoms with Gasteiger partial charge in [0.2, 0.25) is 5.78 Å². The van der Waals surface area contributed by atoms with Gasteiger partial charge in [-0.15, -0.1) is 0 Å². The maximum Gasteiger partial charge on any atom is 0.308 e. The lowest BCUT2D eigenvalue weighted by atomic mass is 9.94. The molecule has 1 unspecified atom stereocenters. The molecule has 0 radical (unpaired) electrons. The third kappa shape index (κ3) is 3.80. The standard InChI is InChI=1S/C25H21NO6/c1-14-10-15(2)12-18(11-14)26-22(17-6-4-7-19(13-17)32-16(3)27)21(24(29)25(26)30)23(28)20-8-5-9-31-20/h4-13,22,29H,1-3H3. The zero-order valence-electron chi connectivity index (χ0n) is 17.8. The summed E-state index contributed by atoms with van der Waals surface area (Å²) in [6.07, 6.45) is 1.35. The predicted octanol–water partition coefficient (Wildman–Crippen LogP) is 4.60. The number of aliphatic hydroxyl groups is 1. The zero-order valence-corrected chi connectivity index (χ0v) is 17.8. The van der Waals surface area contributed by atoms with E-state index < -0.39 is 29.5 Å². The molecule has 1 aliphatic rings. The van der Waals surface area contributed by atoms with E-state index in [1.54, 1.807) is 42.5 Å². The Morgan fingerprint density at radius 2 is 1.75 bits per heavy atom. The summed E-state index contributed by atoms with van der Waals surface area (Å²) in [6.45, 7) is 5.08. The van der Waals surface area contributed by atoms with Gasteiger partial charge in [-0.3, -0.25) is 19.3 Å². The van der Waals surface area contributed by atoms with Crippen LogP contribution in [0.15, 0.2) is 76.6 Å². The average Bonchev–Trinajstić information content (AvgIpc) is 3.34. The van der Waals surface area contributed by atoms with Crippen LogP contribution in [0, 0.1) is 13.8 Å². The first-order chi connectivity index (χ1) is 15.3. The molecule has 0 fully saturated rings. The van der Waals surface area contributed by atoms with Crippen molar-refractivity contribution < 1.29 is 28.6 Å². The van der Waals surface area contributed by atoms with Crippen LogP contribution >= 0.6 is 0 Å². The van der Waals surface area contributed by atoms with E-state index in [9.17, 15) is 19.5 Å². The molecule has 3 aromatic rings. The zero-order chi connectivity index (χ0) is 23.0. The highest BCUT2D eigenvalue weighted by Gasteiger charge is 2.45. The summed E-state index contributed by atoms with van der Waals surface area (Å²) in [7, 11) is 0. The van der Waals surface area contributed by atoms with E-state index in [0.29, 0.717) is 11.3 Å². The van der Waals surface area contributed by atoms with E-state index >= 15 is 0 Å². The number of anilines is 1. The monoisotopic (exact) mass is 431 g/mol. The van der Waals surface area contributed by atoms with Crippen molar-refractivity contribution in [1.29, 1.82) is 0 Å². The maximum absolute atomic E-state index is 13.2. The molecule has 2 heterocycles. The number of carbonyl (C=O) groups excluding carboxylic acids is 3. The Balaban J connectivity index is 1.90. The highest BCUT2D eigenvalue weighted by Crippen LogP contribution is 2.43. The average molecular weight is 431 g/mol. The number of ether oxygens (including phenoxy) is 1. The van der Waals surface area contributed by atoms with Gasteiger partial charge in [0, 0.05) is 12.6 Å². The minimum Gasteiger partial charge on any atom is -0.503 e. The quantitative estimate of drug-likeness (QED) is 0.360. The third-order valence-electron chi connectivity index (χ3n) is 5.12. The smallest absolute Gasteiger partial charge is 0.308 e. The molecule has 0 saturated heterocycles. The molecule has 0 saturated carbocycles. The van der Waals surface area contributed by atoms with Crippen molar-refractivity contribution in [3.63, 3.8) is 0 Å². The molecule has 0 spiro atoms. The molecular formula is C25H21NO6. The number of rotatable bonds is 5. The minimum absolute atomic E-state index is 0.00256. The molecule has 1 aliphatic heterocycles. The van der Waals surface area contributed by atoms with Crippen LogP contribution in [-0.2, 0) is 9.59 Å². The van der Waals surface area contributed by atoms with Crippen molar-refractivity contribution in [2.24, 2.45) is 0 Å². The van der Waals surface area contributed by atoms with Gasteiger partial charge < -0.3 is 14.3 Å². The fourth-order valence-electron chi connectivity index (χ4n) is 3.96. The molecule has 7 nitrogen and oxygen atoms in total. The molecule has 32 heavy (non-hydrogen) atoms. The van der Waals surface area contributed by atoms with Crippen molar-refractivity contribution in [2.45, 2.75) is 26.8 Å². The summed E-state index contributed by atoms with van der Waals surface area (Å²) in [5, 5.41) is 10.8. The first-order valence-corrected chi connectivity index (χ1v) is 9.98. The number of nitrogens with zero attached hydrogens (tertiary/aromatic N) is 1. The number of hydrogen-bond acceptors (Lipinski definition) is 6. The van der Waals surface area contributed by atoms with E-state index in [4.69, 9.17) is 9.15 Å². The van der Waals surface area contributed by atoms with Crippen LogP contribution < -0.4 is 9.64 Å². The Morgan fingerprint density at radius 3 is 2.38 bits per heavy atom. The second kappa shape index (κ2) is 8.19. The number of Topliss-reactive ketones (excluding diaryl/α,β-unsaturated/α-hetero) is 1. The lowest BCUT2D eigenvalue weighted by molar-refractivity contribution is -0.131. The van der Waals surface area contributed by atoms with Gasteiger partial charge in [0.05, 0.1) is 17.9 Å². The van der Waals surface area contributed by atoms with Gasteiger partial charge in [-0.05, 0) is 66.9 Å². The number of aryl methyl sites for hydroxylation is 2. The first-order valence-electron chi connectivity index (χ1n) is 9.98. The minimum atomic E-state index is -0.947. The second-order valence-corrected chi connectivity index (χ2v) is 7.66. The number of aliphatic hydroxyl groups excluding tert-OH is 1. The second-order valence-electron chi connectivity index (χ2n) is 7.66. The third-order valence-corrected chi connectivity index (χ3v) is 5.12. The molecule has 162 valence electrons. The van der Waals surface area contributed by atoms with E-state index in [1.165, 1.54) is 24.2 Å². The largest absolute Gasteiger partial charge is 0.503 e. The van der Waals surface area contributed by atoms with E-state index in [-0.39, 0.29) is 17.1 Å². The molecule has 1 N–H and O–H groups in total. The lowest BCUT2D eigenvalue weighted by Crippen LogP contribution is -2.31. The van der Waals surface area contributed by atoms with E-state index in [2.05, 4.69) is 0 Å². The molecule has 1 atom stereocenters. The van der Waals surface area contributed by atoms with Crippen LogP contribution in [0.5, 0.6) is 5.75 Å². The van der Waals surface area contributed by atoms with Gasteiger partial charge >= 0.3 is 5.97 Å². The van der Waals surface area contributed by atoms with Crippen LogP contribution in [0.25, 0.3) is 0 Å². The van der Waals surface area contributed by atoms with Crippen molar-refractivity contribution in [3.05, 3.63) is 94.6 Å². The fourth-order valence-corrected chi connectivity index (χ4v) is 3.96. The van der Waals surface area contributed by atoms with Crippen LogP contribution in [0.2, 0.25) is 0 Å². The Hall–Kier alpha value is -4.13. The van der Waals surface area contributed by atoms with Crippen molar-refractivity contribution in [1.82, 2.24) is 0 Å². The molecule has 1 aromatic heterocycles. The number of ketones is 1. The molecule has 0 aliphatic carbocycles. The SMILES string of the molecule is CC(=O)Oc1cccc(C2C(C(=O)c3ccco3)=C(O)C(=O)N2c2cc(C)cc(C)c2)c1. The van der Waals surface area contributed by atoms with Crippen LogP contribution in [0.4, 0.5) is 5.69 Å². The predicted molar refractivity (Wildman–Crippen MR) is 117 cm³/mol. The Morgan fingerprint density at radius 1 is 1.03 bits per heavy atom. The van der Waals surface area contributed by atoms with Gasteiger partial charge in [-0.2, -0.15) is 0 Å². The van der Waals surface area contributed by atoms with Gasteiger partial charge in [0.15, 0.2) is 11.5 Å². The lowest BCUT2D eigenvalue weighted by Gasteiger charge is -2.27. The van der Waals surface area contributed by atoms with Gasteiger partial charge in [-0.25, -0.2) is 0 Å². The molecular weight excluding hydrogens is 410 g/mol. The van der Waals surface area contributed by atoms with E-state index in [1.807, 2.05) is 19.9 Å². The first kappa shape index (κ1) is 21.1. The molecule has 7 heteroatoms. The normalized spacial score (nSPS) is 15.9.